The molecule has 2 aliphatic rings. The van der Waals surface area contributed by atoms with E-state index in [0.717, 1.165) is 36.3 Å². The van der Waals surface area contributed by atoms with Crippen LogP contribution in [-0.2, 0) is 16.0 Å². The summed E-state index contributed by atoms with van der Waals surface area (Å²) in [5, 5.41) is 8.65. The lowest BCUT2D eigenvalue weighted by Gasteiger charge is -2.47. The van der Waals surface area contributed by atoms with Crippen LogP contribution in [0.25, 0.3) is 0 Å². The quantitative estimate of drug-likeness (QED) is 0.874. The average molecular weight is 356 g/mol. The molecule has 2 aliphatic heterocycles. The Morgan fingerprint density at radius 1 is 1.57 bits per heavy atom. The van der Waals surface area contributed by atoms with Crippen molar-refractivity contribution >= 4 is 21.9 Å². The van der Waals surface area contributed by atoms with Crippen LogP contribution < -0.4 is 4.74 Å². The lowest BCUT2D eigenvalue weighted by molar-refractivity contribution is -0.166. The molecule has 0 radical (unpaired) electrons. The van der Waals surface area contributed by atoms with Gasteiger partial charge in [-0.25, -0.2) is 4.79 Å². The molecular formula is C15H18BrNO4. The lowest BCUT2D eigenvalue weighted by Crippen LogP contribution is -2.63. The van der Waals surface area contributed by atoms with Crippen LogP contribution in [0.4, 0.5) is 0 Å². The summed E-state index contributed by atoms with van der Waals surface area (Å²) in [6, 6.07) is 6.09. The highest BCUT2D eigenvalue weighted by atomic mass is 79.9. The molecule has 1 saturated heterocycles. The fraction of sp³-hybridized carbons (Fsp3) is 0.533. The van der Waals surface area contributed by atoms with E-state index in [-0.39, 0.29) is 18.3 Å². The van der Waals surface area contributed by atoms with Crippen molar-refractivity contribution < 1.29 is 19.4 Å². The molecule has 0 spiro atoms. The van der Waals surface area contributed by atoms with Gasteiger partial charge < -0.3 is 14.6 Å². The molecule has 114 valence electrons. The first kappa shape index (κ1) is 14.8. The van der Waals surface area contributed by atoms with Crippen LogP contribution in [-0.4, -0.2) is 53.9 Å². The van der Waals surface area contributed by atoms with Gasteiger partial charge in [0.05, 0.1) is 5.60 Å². The van der Waals surface area contributed by atoms with Crippen LogP contribution in [0.2, 0.25) is 0 Å². The minimum absolute atomic E-state index is 0.165. The maximum absolute atomic E-state index is 10.5. The van der Waals surface area contributed by atoms with Gasteiger partial charge in [0.15, 0.2) is 0 Å². The summed E-state index contributed by atoms with van der Waals surface area (Å²) in [7, 11) is 0. The minimum Gasteiger partial charge on any atom is -0.488 e. The van der Waals surface area contributed by atoms with Crippen LogP contribution in [0, 0.1) is 0 Å². The fourth-order valence-corrected chi connectivity index (χ4v) is 3.44. The molecule has 21 heavy (non-hydrogen) atoms. The van der Waals surface area contributed by atoms with E-state index in [9.17, 15) is 4.79 Å². The Morgan fingerprint density at radius 3 is 3.05 bits per heavy atom. The molecule has 0 saturated carbocycles. The molecule has 6 heteroatoms. The first-order valence-electron chi connectivity index (χ1n) is 6.97. The molecule has 1 atom stereocenters. The molecule has 3 rings (SSSR count). The fourth-order valence-electron chi connectivity index (χ4n) is 3.03. The standard InChI is InChI=1S/C15H18BrNO4/c1-15(20-7-14(18)19)8-17(9-15)6-12-5-10-4-11(16)2-3-13(10)21-12/h2-4,12H,5-9H2,1H3,(H,18,19). The first-order valence-corrected chi connectivity index (χ1v) is 7.76. The van der Waals surface area contributed by atoms with E-state index in [0.29, 0.717) is 0 Å². The molecule has 0 aromatic heterocycles. The Labute approximate surface area is 132 Å². The van der Waals surface area contributed by atoms with Crippen molar-refractivity contribution in [1.29, 1.82) is 0 Å². The number of benzene rings is 1. The number of carboxylic acid groups (broad SMARTS) is 1. The van der Waals surface area contributed by atoms with Gasteiger partial charge in [-0.05, 0) is 30.7 Å². The molecule has 1 aromatic carbocycles. The Balaban J connectivity index is 1.47. The molecule has 1 aromatic rings. The van der Waals surface area contributed by atoms with E-state index >= 15 is 0 Å². The number of hydrogen-bond acceptors (Lipinski definition) is 4. The summed E-state index contributed by atoms with van der Waals surface area (Å²) in [4.78, 5) is 12.8. The zero-order chi connectivity index (χ0) is 15.0. The summed E-state index contributed by atoms with van der Waals surface area (Å²) in [6.45, 7) is 4.07. The highest BCUT2D eigenvalue weighted by Gasteiger charge is 2.41. The van der Waals surface area contributed by atoms with Gasteiger partial charge in [-0.2, -0.15) is 0 Å². The second kappa shape index (κ2) is 5.59. The third-order valence-corrected chi connectivity index (χ3v) is 4.38. The SMILES string of the molecule is CC1(OCC(=O)O)CN(CC2Cc3cc(Br)ccc3O2)C1. The molecule has 1 unspecified atom stereocenters. The maximum atomic E-state index is 10.5. The third kappa shape index (κ3) is 3.39. The van der Waals surface area contributed by atoms with Crippen LogP contribution in [0.5, 0.6) is 5.75 Å². The normalized spacial score (nSPS) is 23.2. The van der Waals surface area contributed by atoms with Gasteiger partial charge in [0, 0.05) is 30.5 Å². The summed E-state index contributed by atoms with van der Waals surface area (Å²) in [6.07, 6.45) is 1.08. The number of fused-ring (bicyclic) bond motifs is 1. The van der Waals surface area contributed by atoms with Crippen molar-refractivity contribution in [1.82, 2.24) is 4.90 Å². The summed E-state index contributed by atoms with van der Waals surface area (Å²) < 4.78 is 12.4. The maximum Gasteiger partial charge on any atom is 0.329 e. The number of likely N-dealkylation sites (tertiary alicyclic amines) is 1. The van der Waals surface area contributed by atoms with E-state index < -0.39 is 5.97 Å². The van der Waals surface area contributed by atoms with Gasteiger partial charge in [0.1, 0.15) is 18.5 Å². The number of rotatable bonds is 5. The number of nitrogens with zero attached hydrogens (tertiary/aromatic N) is 1. The minimum atomic E-state index is -0.921. The average Bonchev–Trinajstić information content (AvgIpc) is 2.76. The smallest absolute Gasteiger partial charge is 0.329 e. The molecule has 2 heterocycles. The van der Waals surface area contributed by atoms with Crippen LogP contribution in [0.1, 0.15) is 12.5 Å². The van der Waals surface area contributed by atoms with Crippen LogP contribution >= 0.6 is 15.9 Å². The number of ether oxygens (including phenoxy) is 2. The summed E-state index contributed by atoms with van der Waals surface area (Å²) in [5.41, 5.74) is 0.896. The van der Waals surface area contributed by atoms with E-state index in [4.69, 9.17) is 14.6 Å². The van der Waals surface area contributed by atoms with Crippen molar-refractivity contribution in [3.63, 3.8) is 0 Å². The van der Waals surface area contributed by atoms with Gasteiger partial charge in [-0.15, -0.1) is 0 Å². The van der Waals surface area contributed by atoms with Gasteiger partial charge in [-0.3, -0.25) is 4.90 Å². The van der Waals surface area contributed by atoms with Gasteiger partial charge >= 0.3 is 5.97 Å². The van der Waals surface area contributed by atoms with Gasteiger partial charge in [-0.1, -0.05) is 15.9 Å². The van der Waals surface area contributed by atoms with Gasteiger partial charge in [0.2, 0.25) is 0 Å². The molecule has 1 fully saturated rings. The van der Waals surface area contributed by atoms with Crippen molar-refractivity contribution in [2.75, 3.05) is 26.2 Å². The van der Waals surface area contributed by atoms with Crippen LogP contribution in [0.3, 0.4) is 0 Å². The van der Waals surface area contributed by atoms with Crippen molar-refractivity contribution in [3.05, 3.63) is 28.2 Å². The predicted molar refractivity (Wildman–Crippen MR) is 80.7 cm³/mol. The number of aliphatic carboxylic acids is 1. The number of hydrogen-bond donors (Lipinski definition) is 1. The van der Waals surface area contributed by atoms with E-state index in [2.05, 4.69) is 26.9 Å². The zero-order valence-corrected chi connectivity index (χ0v) is 13.4. The number of carboxylic acids is 1. The topological polar surface area (TPSA) is 59.0 Å². The summed E-state index contributed by atoms with van der Waals surface area (Å²) >= 11 is 3.47. The molecule has 5 nitrogen and oxygen atoms in total. The highest BCUT2D eigenvalue weighted by Crippen LogP contribution is 2.33. The number of carbonyl (C=O) groups is 1. The second-order valence-corrected chi connectivity index (χ2v) is 6.91. The Kier molecular flexibility index (Phi) is 3.94. The van der Waals surface area contributed by atoms with E-state index in [1.54, 1.807) is 0 Å². The molecule has 0 bridgehead atoms. The molecule has 1 N–H and O–H groups in total. The largest absolute Gasteiger partial charge is 0.488 e. The third-order valence-electron chi connectivity index (χ3n) is 3.89. The number of halogens is 1. The van der Waals surface area contributed by atoms with E-state index in [1.165, 1.54) is 5.56 Å². The Morgan fingerprint density at radius 2 is 2.33 bits per heavy atom. The highest BCUT2D eigenvalue weighted by molar-refractivity contribution is 9.10. The monoisotopic (exact) mass is 355 g/mol. The second-order valence-electron chi connectivity index (χ2n) is 6.00. The Hall–Kier alpha value is -1.11. The summed E-state index contributed by atoms with van der Waals surface area (Å²) in [5.74, 6) is 0.0449. The van der Waals surface area contributed by atoms with Crippen molar-refractivity contribution in [3.8, 4) is 5.75 Å². The molecular weight excluding hydrogens is 338 g/mol. The predicted octanol–water partition coefficient (Wildman–Crippen LogP) is 1.93. The lowest BCUT2D eigenvalue weighted by atomic mass is 9.95. The van der Waals surface area contributed by atoms with Gasteiger partial charge in [0.25, 0.3) is 0 Å². The van der Waals surface area contributed by atoms with Crippen molar-refractivity contribution in [2.45, 2.75) is 25.0 Å². The Bertz CT molecular complexity index is 557. The molecule has 0 amide bonds. The first-order chi connectivity index (χ1) is 9.93. The molecule has 0 aliphatic carbocycles. The van der Waals surface area contributed by atoms with Crippen LogP contribution in [0.15, 0.2) is 22.7 Å². The zero-order valence-electron chi connectivity index (χ0n) is 11.8. The van der Waals surface area contributed by atoms with Crippen molar-refractivity contribution in [2.24, 2.45) is 0 Å². The van der Waals surface area contributed by atoms with E-state index in [1.807, 2.05) is 19.1 Å².